The summed E-state index contributed by atoms with van der Waals surface area (Å²) in [6.07, 6.45) is 0.553. The Morgan fingerprint density at radius 1 is 1.24 bits per heavy atom. The summed E-state index contributed by atoms with van der Waals surface area (Å²) in [5.74, 6) is -0.750. The van der Waals surface area contributed by atoms with Crippen LogP contribution in [0.15, 0.2) is 51.4 Å². The summed E-state index contributed by atoms with van der Waals surface area (Å²) in [6.45, 7) is 1.85. The molecule has 0 spiro atoms. The molecule has 2 heterocycles. The van der Waals surface area contributed by atoms with Gasteiger partial charge in [0.25, 0.3) is 0 Å². The van der Waals surface area contributed by atoms with Crippen molar-refractivity contribution in [3.05, 3.63) is 62.5 Å². The normalized spacial score (nSPS) is 27.1. The van der Waals surface area contributed by atoms with Gasteiger partial charge in [0, 0.05) is 27.9 Å². The van der Waals surface area contributed by atoms with E-state index in [4.69, 9.17) is 4.74 Å². The highest BCUT2D eigenvalue weighted by Crippen LogP contribution is 2.50. The minimum Gasteiger partial charge on any atom is -0.467 e. The molecule has 0 saturated carbocycles. The van der Waals surface area contributed by atoms with Crippen LogP contribution in [0.3, 0.4) is 0 Å². The second-order valence-electron chi connectivity index (χ2n) is 6.65. The number of benzene rings is 2. The van der Waals surface area contributed by atoms with E-state index in [9.17, 15) is 9.59 Å². The number of rotatable bonds is 2. The average molecular weight is 465 g/mol. The van der Waals surface area contributed by atoms with Gasteiger partial charge in [-0.15, -0.1) is 0 Å². The first kappa shape index (κ1) is 16.8. The number of carbonyl (C=O) groups excluding carboxylic acids is 2. The summed E-state index contributed by atoms with van der Waals surface area (Å²) < 4.78 is 7.75. The van der Waals surface area contributed by atoms with Crippen molar-refractivity contribution in [3.63, 3.8) is 0 Å². The summed E-state index contributed by atoms with van der Waals surface area (Å²) in [6, 6.07) is 12.8. The lowest BCUT2D eigenvalue weighted by Gasteiger charge is -2.47. The number of piperidine rings is 1. The van der Waals surface area contributed by atoms with Gasteiger partial charge in [-0.3, -0.25) is 9.59 Å². The Labute approximate surface area is 162 Å². The molecular weight excluding hydrogens is 450 g/mol. The van der Waals surface area contributed by atoms with E-state index in [-0.39, 0.29) is 17.6 Å². The van der Waals surface area contributed by atoms with Crippen molar-refractivity contribution in [2.45, 2.75) is 25.0 Å². The first-order valence-electron chi connectivity index (χ1n) is 7.97. The van der Waals surface area contributed by atoms with E-state index in [1.807, 2.05) is 37.3 Å². The number of ketones is 1. The fourth-order valence-corrected chi connectivity index (χ4v) is 5.08. The number of Topliss-reactive ketones (excluding diaryl/α,β-unsaturated/α-hetero) is 1. The summed E-state index contributed by atoms with van der Waals surface area (Å²) in [4.78, 5) is 25.8. The molecule has 4 nitrogen and oxygen atoms in total. The van der Waals surface area contributed by atoms with Crippen LogP contribution in [-0.4, -0.2) is 17.4 Å². The monoisotopic (exact) mass is 463 g/mol. The van der Waals surface area contributed by atoms with Crippen molar-refractivity contribution in [2.24, 2.45) is 5.92 Å². The second-order valence-corrected chi connectivity index (χ2v) is 8.42. The number of hydrogen-bond donors (Lipinski definition) is 1. The molecule has 2 aromatic rings. The number of carbonyl (C=O) groups is 2. The lowest BCUT2D eigenvalue weighted by molar-refractivity contribution is -0.137. The van der Waals surface area contributed by atoms with Gasteiger partial charge < -0.3 is 10.1 Å². The minimum absolute atomic E-state index is 0.158. The van der Waals surface area contributed by atoms with Gasteiger partial charge in [-0.25, -0.2) is 0 Å². The molecule has 3 atom stereocenters. The van der Waals surface area contributed by atoms with Crippen molar-refractivity contribution < 1.29 is 14.3 Å². The molecular formula is C19H15Br2NO3. The minimum atomic E-state index is -0.807. The summed E-state index contributed by atoms with van der Waals surface area (Å²) in [5, 5.41) is 2.89. The van der Waals surface area contributed by atoms with E-state index < -0.39 is 11.6 Å². The van der Waals surface area contributed by atoms with E-state index in [0.717, 1.165) is 14.5 Å². The molecule has 4 rings (SSSR count). The van der Waals surface area contributed by atoms with Gasteiger partial charge in [0.1, 0.15) is 11.7 Å². The maximum absolute atomic E-state index is 13.1. The Hall–Kier alpha value is -1.66. The van der Waals surface area contributed by atoms with E-state index >= 15 is 0 Å². The van der Waals surface area contributed by atoms with Crippen LogP contribution in [0.4, 0.5) is 0 Å². The molecule has 0 aromatic heterocycles. The van der Waals surface area contributed by atoms with Crippen LogP contribution in [0.1, 0.15) is 35.2 Å². The van der Waals surface area contributed by atoms with Gasteiger partial charge in [-0.1, -0.05) is 46.3 Å². The predicted octanol–water partition coefficient (Wildman–Crippen LogP) is 4.42. The maximum Gasteiger partial charge on any atom is 0.234 e. The molecule has 25 heavy (non-hydrogen) atoms. The number of ether oxygens (including phenoxy) is 1. The third-order valence-electron chi connectivity index (χ3n) is 4.79. The van der Waals surface area contributed by atoms with Crippen LogP contribution in [0.5, 0.6) is 5.75 Å². The van der Waals surface area contributed by atoms with E-state index in [1.165, 1.54) is 0 Å². The summed E-state index contributed by atoms with van der Waals surface area (Å²) >= 11 is 7.02. The van der Waals surface area contributed by atoms with Crippen LogP contribution in [-0.2, 0) is 4.79 Å². The molecule has 2 bridgehead atoms. The summed E-state index contributed by atoms with van der Waals surface area (Å²) in [5.41, 5.74) is 0.620. The number of halogens is 2. The Morgan fingerprint density at radius 2 is 1.96 bits per heavy atom. The van der Waals surface area contributed by atoms with Gasteiger partial charge in [0.05, 0.1) is 4.47 Å². The summed E-state index contributed by atoms with van der Waals surface area (Å²) in [7, 11) is 0. The zero-order valence-electron chi connectivity index (χ0n) is 13.4. The lowest BCUT2D eigenvalue weighted by atomic mass is 9.72. The number of fused-ring (bicyclic) bond motifs is 4. The quantitative estimate of drug-likeness (QED) is 0.528. The van der Waals surface area contributed by atoms with Crippen LogP contribution in [0.25, 0.3) is 0 Å². The molecule has 128 valence electrons. The molecule has 2 aliphatic rings. The number of nitrogens with one attached hydrogen (secondary N) is 1. The van der Waals surface area contributed by atoms with Gasteiger partial charge in [0.2, 0.25) is 5.91 Å². The van der Waals surface area contributed by atoms with Gasteiger partial charge in [-0.05, 0) is 35.0 Å². The molecule has 6 heteroatoms. The first-order valence-corrected chi connectivity index (χ1v) is 9.56. The third kappa shape index (κ3) is 2.81. The van der Waals surface area contributed by atoms with Crippen molar-refractivity contribution >= 4 is 43.6 Å². The van der Waals surface area contributed by atoms with Crippen LogP contribution >= 0.6 is 31.9 Å². The smallest absolute Gasteiger partial charge is 0.234 e. The third-order valence-corrected chi connectivity index (χ3v) is 5.83. The van der Waals surface area contributed by atoms with Gasteiger partial charge in [0.15, 0.2) is 11.5 Å². The predicted molar refractivity (Wildman–Crippen MR) is 101 cm³/mol. The van der Waals surface area contributed by atoms with E-state index in [0.29, 0.717) is 17.7 Å². The molecule has 1 saturated heterocycles. The zero-order chi connectivity index (χ0) is 17.8. The lowest BCUT2D eigenvalue weighted by Crippen LogP contribution is -2.62. The van der Waals surface area contributed by atoms with E-state index in [1.54, 1.807) is 12.1 Å². The first-order chi connectivity index (χ1) is 11.9. The van der Waals surface area contributed by atoms with Crippen molar-refractivity contribution in [1.29, 1.82) is 0 Å². The molecule has 2 aromatic carbocycles. The fourth-order valence-electron chi connectivity index (χ4n) is 3.74. The average Bonchev–Trinajstić information content (AvgIpc) is 2.56. The number of hydrogen-bond acceptors (Lipinski definition) is 3. The SMILES string of the molecule is C[C@@]12C[C@@H](c3cc(Br)cc(Br)c3O1)[C@H](C(=O)c1ccccc1)C(=O)N2. The molecule has 2 aliphatic heterocycles. The van der Waals surface area contributed by atoms with Gasteiger partial charge in [-0.2, -0.15) is 0 Å². The van der Waals surface area contributed by atoms with E-state index in [2.05, 4.69) is 37.2 Å². The Kier molecular flexibility index (Phi) is 4.00. The highest BCUT2D eigenvalue weighted by Gasteiger charge is 2.52. The largest absolute Gasteiger partial charge is 0.467 e. The number of amides is 1. The molecule has 1 N–H and O–H groups in total. The van der Waals surface area contributed by atoms with Crippen molar-refractivity contribution in [1.82, 2.24) is 5.32 Å². The molecule has 0 unspecified atom stereocenters. The Morgan fingerprint density at radius 3 is 2.68 bits per heavy atom. The second kappa shape index (κ2) is 5.95. The fraction of sp³-hybridized carbons (Fsp3) is 0.263. The van der Waals surface area contributed by atoms with Crippen LogP contribution in [0, 0.1) is 5.92 Å². The molecule has 0 radical (unpaired) electrons. The topological polar surface area (TPSA) is 55.4 Å². The Balaban J connectivity index is 1.84. The molecule has 1 fully saturated rings. The van der Waals surface area contributed by atoms with Crippen LogP contribution in [0.2, 0.25) is 0 Å². The highest BCUT2D eigenvalue weighted by atomic mass is 79.9. The standard InChI is InChI=1S/C19H15Br2NO3/c1-19-9-13(12-7-11(20)8-14(21)17(12)25-19)15(18(24)22-19)16(23)10-5-3-2-4-6-10/h2-8,13,15H,9H2,1H3,(H,22,24)/t13-,15+,19-/m0/s1. The maximum atomic E-state index is 13.1. The van der Waals surface area contributed by atoms with Crippen molar-refractivity contribution in [2.75, 3.05) is 0 Å². The zero-order valence-corrected chi connectivity index (χ0v) is 16.6. The van der Waals surface area contributed by atoms with Crippen molar-refractivity contribution in [3.8, 4) is 5.75 Å². The Bertz CT molecular complexity index is 884. The highest BCUT2D eigenvalue weighted by molar-refractivity contribution is 9.11. The molecule has 1 amide bonds. The molecule has 0 aliphatic carbocycles. The van der Waals surface area contributed by atoms with Crippen LogP contribution < -0.4 is 10.1 Å². The van der Waals surface area contributed by atoms with Gasteiger partial charge >= 0.3 is 0 Å².